The summed E-state index contributed by atoms with van der Waals surface area (Å²) in [7, 11) is 0. The van der Waals surface area contributed by atoms with E-state index in [0.29, 0.717) is 53.2 Å². The molecule has 1 saturated heterocycles. The van der Waals surface area contributed by atoms with E-state index in [9.17, 15) is 18.4 Å². The molecule has 0 atom stereocenters. The van der Waals surface area contributed by atoms with Crippen molar-refractivity contribution in [2.45, 2.75) is 19.8 Å². The van der Waals surface area contributed by atoms with Crippen molar-refractivity contribution < 1.29 is 23.1 Å². The first-order valence-corrected chi connectivity index (χ1v) is 12.3. The van der Waals surface area contributed by atoms with Gasteiger partial charge in [0, 0.05) is 43.2 Å². The zero-order valence-corrected chi connectivity index (χ0v) is 20.1. The molecule has 2 aromatic carbocycles. The third kappa shape index (κ3) is 5.03. The van der Waals surface area contributed by atoms with Crippen molar-refractivity contribution in [3.8, 4) is 23.0 Å². The minimum absolute atomic E-state index is 0.0312. The molecule has 5 rings (SSSR count). The van der Waals surface area contributed by atoms with Gasteiger partial charge in [0.25, 0.3) is 0 Å². The van der Waals surface area contributed by atoms with Crippen LogP contribution < -0.4 is 10.1 Å². The van der Waals surface area contributed by atoms with Gasteiger partial charge in [-0.3, -0.25) is 9.59 Å². The Bertz CT molecular complexity index is 1430. The second-order valence-corrected chi connectivity index (χ2v) is 9.43. The van der Waals surface area contributed by atoms with Gasteiger partial charge in [-0.05, 0) is 60.7 Å². The first kappa shape index (κ1) is 23.8. The van der Waals surface area contributed by atoms with Crippen molar-refractivity contribution in [2.75, 3.05) is 18.4 Å². The lowest BCUT2D eigenvalue weighted by Crippen LogP contribution is -2.40. The van der Waals surface area contributed by atoms with Crippen molar-refractivity contribution in [1.29, 1.82) is 0 Å². The smallest absolute Gasteiger partial charge is 0.241 e. The van der Waals surface area contributed by atoms with Crippen LogP contribution in [0, 0.1) is 17.6 Å². The van der Waals surface area contributed by atoms with Gasteiger partial charge in [0.1, 0.15) is 10.5 Å². The van der Waals surface area contributed by atoms with Crippen LogP contribution in [0.15, 0.2) is 53.9 Å². The highest BCUT2D eigenvalue weighted by Gasteiger charge is 2.26. The van der Waals surface area contributed by atoms with Crippen LogP contribution in [0.1, 0.15) is 19.8 Å². The first-order chi connectivity index (χ1) is 17.4. The third-order valence-corrected chi connectivity index (χ3v) is 6.99. The summed E-state index contributed by atoms with van der Waals surface area (Å²) in [5, 5.41) is 4.77. The number of carbonyl (C=O) groups is 2. The Hall–Kier alpha value is -3.92. The van der Waals surface area contributed by atoms with Gasteiger partial charge in [0.05, 0.1) is 5.52 Å². The lowest BCUT2D eigenvalue weighted by Gasteiger charge is -2.30. The average Bonchev–Trinajstić information content (AvgIpc) is 3.35. The van der Waals surface area contributed by atoms with Crippen LogP contribution in [0.25, 0.3) is 21.6 Å². The third-order valence-electron chi connectivity index (χ3n) is 6.09. The number of hydrogen-bond acceptors (Lipinski definition) is 6. The Morgan fingerprint density at radius 3 is 2.50 bits per heavy atom. The summed E-state index contributed by atoms with van der Waals surface area (Å²) in [5.74, 6) is -1.30. The SMILES string of the molecule is CC(=O)N1CCC(C(=O)Nc2ccc(-c3nc(Oc4ccc(F)cc4F)c4sccc4n3)cc2)CC1. The van der Waals surface area contributed by atoms with E-state index in [1.807, 2.05) is 11.4 Å². The molecule has 184 valence electrons. The molecule has 1 aliphatic heterocycles. The van der Waals surface area contributed by atoms with E-state index in [4.69, 9.17) is 4.74 Å². The number of aromatic nitrogens is 2. The highest BCUT2D eigenvalue weighted by atomic mass is 32.1. The van der Waals surface area contributed by atoms with Crippen molar-refractivity contribution in [3.63, 3.8) is 0 Å². The molecule has 4 aromatic rings. The topological polar surface area (TPSA) is 84.4 Å². The van der Waals surface area contributed by atoms with Gasteiger partial charge >= 0.3 is 0 Å². The minimum atomic E-state index is -0.827. The molecule has 36 heavy (non-hydrogen) atoms. The van der Waals surface area contributed by atoms with E-state index in [1.165, 1.54) is 24.3 Å². The molecule has 0 radical (unpaired) electrons. The summed E-state index contributed by atoms with van der Waals surface area (Å²) in [6, 6.07) is 12.0. The molecule has 0 bridgehead atoms. The zero-order chi connectivity index (χ0) is 25.2. The highest BCUT2D eigenvalue weighted by molar-refractivity contribution is 7.17. The molecule has 0 unspecified atom stereocenters. The maximum atomic E-state index is 14.2. The molecule has 10 heteroatoms. The maximum Gasteiger partial charge on any atom is 0.241 e. The number of anilines is 1. The van der Waals surface area contributed by atoms with Crippen LogP contribution in [0.5, 0.6) is 11.6 Å². The number of hydrogen-bond donors (Lipinski definition) is 1. The Morgan fingerprint density at radius 1 is 1.06 bits per heavy atom. The predicted molar refractivity (Wildman–Crippen MR) is 133 cm³/mol. The monoisotopic (exact) mass is 508 g/mol. The molecule has 2 amide bonds. The number of rotatable bonds is 5. The molecule has 3 heterocycles. The van der Waals surface area contributed by atoms with Crippen LogP contribution in [0.2, 0.25) is 0 Å². The van der Waals surface area contributed by atoms with Crippen molar-refractivity contribution in [1.82, 2.24) is 14.9 Å². The highest BCUT2D eigenvalue weighted by Crippen LogP contribution is 2.34. The number of nitrogens with zero attached hydrogens (tertiary/aromatic N) is 3. The summed E-state index contributed by atoms with van der Waals surface area (Å²) in [4.78, 5) is 35.0. The molecule has 1 fully saturated rings. The van der Waals surface area contributed by atoms with Gasteiger partial charge in [0.15, 0.2) is 17.4 Å². The fourth-order valence-corrected chi connectivity index (χ4v) is 4.86. The molecule has 0 spiro atoms. The Kier molecular flexibility index (Phi) is 6.60. The number of nitrogens with one attached hydrogen (secondary N) is 1. The fourth-order valence-electron chi connectivity index (χ4n) is 4.10. The van der Waals surface area contributed by atoms with Gasteiger partial charge in [0.2, 0.25) is 17.7 Å². The molecule has 0 aliphatic carbocycles. The van der Waals surface area contributed by atoms with E-state index < -0.39 is 11.6 Å². The van der Waals surface area contributed by atoms with Gasteiger partial charge < -0.3 is 15.0 Å². The number of thiophene rings is 1. The first-order valence-electron chi connectivity index (χ1n) is 11.4. The molecular formula is C26H22F2N4O3S. The summed E-state index contributed by atoms with van der Waals surface area (Å²) in [6.45, 7) is 2.71. The number of carbonyl (C=O) groups excluding carboxylic acids is 2. The van der Waals surface area contributed by atoms with Crippen LogP contribution in [-0.2, 0) is 9.59 Å². The Balaban J connectivity index is 1.33. The maximum absolute atomic E-state index is 14.2. The van der Waals surface area contributed by atoms with Gasteiger partial charge in [-0.25, -0.2) is 13.8 Å². The standard InChI is InChI=1S/C26H22F2N4O3S/c1-15(33)32-11-8-17(9-12-32)25(34)29-19-5-2-16(3-6-19)24-30-21-10-13-36-23(21)26(31-24)35-22-7-4-18(27)14-20(22)28/h2-7,10,13-14,17H,8-9,11-12H2,1H3,(H,29,34). The van der Waals surface area contributed by atoms with Gasteiger partial charge in [-0.15, -0.1) is 11.3 Å². The second-order valence-electron chi connectivity index (χ2n) is 8.51. The summed E-state index contributed by atoms with van der Waals surface area (Å²) >= 11 is 1.35. The van der Waals surface area contributed by atoms with E-state index >= 15 is 0 Å². The molecule has 7 nitrogen and oxygen atoms in total. The van der Waals surface area contributed by atoms with E-state index in [1.54, 1.807) is 29.2 Å². The molecule has 2 aromatic heterocycles. The van der Waals surface area contributed by atoms with Gasteiger partial charge in [-0.1, -0.05) is 0 Å². The van der Waals surface area contributed by atoms with Crippen LogP contribution in [0.3, 0.4) is 0 Å². The van der Waals surface area contributed by atoms with E-state index in [0.717, 1.165) is 12.1 Å². The second kappa shape index (κ2) is 9.98. The largest absolute Gasteiger partial charge is 0.434 e. The van der Waals surface area contributed by atoms with Gasteiger partial charge in [-0.2, -0.15) is 4.98 Å². The number of amides is 2. The average molecular weight is 509 g/mol. The quantitative estimate of drug-likeness (QED) is 0.378. The van der Waals surface area contributed by atoms with E-state index in [2.05, 4.69) is 15.3 Å². The molecule has 1 aliphatic rings. The fraction of sp³-hybridized carbons (Fsp3) is 0.231. The zero-order valence-electron chi connectivity index (χ0n) is 19.3. The lowest BCUT2D eigenvalue weighted by molar-refractivity contribution is -0.132. The minimum Gasteiger partial charge on any atom is -0.434 e. The molecule has 0 saturated carbocycles. The van der Waals surface area contributed by atoms with Crippen molar-refractivity contribution in [2.24, 2.45) is 5.92 Å². The Morgan fingerprint density at radius 2 is 1.81 bits per heavy atom. The van der Waals surface area contributed by atoms with Crippen molar-refractivity contribution >= 4 is 39.1 Å². The molecule has 1 N–H and O–H groups in total. The molecular weight excluding hydrogens is 486 g/mol. The lowest BCUT2D eigenvalue weighted by atomic mass is 9.96. The number of halogens is 2. The number of benzene rings is 2. The summed E-state index contributed by atoms with van der Waals surface area (Å²) < 4.78 is 33.8. The van der Waals surface area contributed by atoms with E-state index in [-0.39, 0.29) is 29.4 Å². The van der Waals surface area contributed by atoms with Crippen LogP contribution >= 0.6 is 11.3 Å². The Labute approximate surface area is 209 Å². The predicted octanol–water partition coefficient (Wildman–Crippen LogP) is 5.63. The van der Waals surface area contributed by atoms with Crippen LogP contribution in [-0.4, -0.2) is 39.8 Å². The number of ether oxygens (including phenoxy) is 1. The summed E-state index contributed by atoms with van der Waals surface area (Å²) in [6.07, 6.45) is 1.27. The number of piperidine rings is 1. The normalized spacial score (nSPS) is 14.1. The van der Waals surface area contributed by atoms with Crippen molar-refractivity contribution in [3.05, 3.63) is 65.5 Å². The number of likely N-dealkylation sites (tertiary alicyclic amines) is 1. The number of fused-ring (bicyclic) bond motifs is 1. The van der Waals surface area contributed by atoms with Crippen LogP contribution in [0.4, 0.5) is 14.5 Å². The summed E-state index contributed by atoms with van der Waals surface area (Å²) in [5.41, 5.74) is 1.95.